The van der Waals surface area contributed by atoms with Crippen LogP contribution in [-0.2, 0) is 24.3 Å². The van der Waals surface area contributed by atoms with Crippen LogP contribution in [0.4, 0.5) is 4.79 Å². The van der Waals surface area contributed by atoms with Crippen LogP contribution in [0.1, 0.15) is 17.0 Å². The third-order valence-corrected chi connectivity index (χ3v) is 2.87. The van der Waals surface area contributed by atoms with Crippen molar-refractivity contribution in [1.82, 2.24) is 20.6 Å². The lowest BCUT2D eigenvalue weighted by Crippen LogP contribution is -2.35. The number of aromatic amines is 1. The van der Waals surface area contributed by atoms with Crippen LogP contribution < -0.4 is 10.6 Å². The first-order valence-electron chi connectivity index (χ1n) is 6.43. The summed E-state index contributed by atoms with van der Waals surface area (Å²) in [5.41, 5.74) is 1.48. The zero-order valence-electron chi connectivity index (χ0n) is 11.3. The van der Waals surface area contributed by atoms with E-state index in [0.717, 1.165) is 5.56 Å². The quantitative estimate of drug-likeness (QED) is 0.637. The van der Waals surface area contributed by atoms with E-state index in [1.54, 1.807) is 30.6 Å². The number of aliphatic carboxylic acids is 1. The van der Waals surface area contributed by atoms with E-state index >= 15 is 0 Å². The van der Waals surface area contributed by atoms with E-state index < -0.39 is 5.97 Å². The first-order chi connectivity index (χ1) is 10.1. The summed E-state index contributed by atoms with van der Waals surface area (Å²) < 4.78 is 0. The van der Waals surface area contributed by atoms with Crippen molar-refractivity contribution in [2.75, 3.05) is 0 Å². The molecule has 4 N–H and O–H groups in total. The molecule has 7 heteroatoms. The molecule has 0 aliphatic carbocycles. The van der Waals surface area contributed by atoms with Gasteiger partial charge in [-0.1, -0.05) is 24.3 Å². The van der Waals surface area contributed by atoms with E-state index in [4.69, 9.17) is 5.11 Å². The van der Waals surface area contributed by atoms with Crippen molar-refractivity contribution in [3.8, 4) is 0 Å². The Morgan fingerprint density at radius 2 is 1.86 bits per heavy atom. The van der Waals surface area contributed by atoms with Crippen LogP contribution in [0.2, 0.25) is 0 Å². The number of carboxylic acid groups (broad SMARTS) is 1. The molecular formula is C14H16N4O3. The molecule has 2 rings (SSSR count). The number of aromatic nitrogens is 2. The molecule has 0 spiro atoms. The van der Waals surface area contributed by atoms with Crippen molar-refractivity contribution >= 4 is 12.0 Å². The van der Waals surface area contributed by atoms with Crippen LogP contribution in [-0.4, -0.2) is 27.1 Å². The van der Waals surface area contributed by atoms with Gasteiger partial charge in [-0.3, -0.25) is 4.79 Å². The summed E-state index contributed by atoms with van der Waals surface area (Å²) >= 11 is 0. The Kier molecular flexibility index (Phi) is 4.92. The minimum Gasteiger partial charge on any atom is -0.481 e. The second-order valence-corrected chi connectivity index (χ2v) is 4.41. The molecule has 0 unspecified atom stereocenters. The van der Waals surface area contributed by atoms with Crippen molar-refractivity contribution in [3.63, 3.8) is 0 Å². The molecule has 21 heavy (non-hydrogen) atoms. The smallest absolute Gasteiger partial charge is 0.315 e. The molecule has 1 heterocycles. The minimum absolute atomic E-state index is 0.0636. The van der Waals surface area contributed by atoms with Crippen LogP contribution in [0.15, 0.2) is 36.7 Å². The lowest BCUT2D eigenvalue weighted by Gasteiger charge is -2.10. The highest BCUT2D eigenvalue weighted by Gasteiger charge is 2.07. The molecule has 2 aromatic rings. The average Bonchev–Trinajstić information content (AvgIpc) is 2.97. The van der Waals surface area contributed by atoms with Gasteiger partial charge >= 0.3 is 12.0 Å². The van der Waals surface area contributed by atoms with Crippen molar-refractivity contribution < 1.29 is 14.7 Å². The number of carbonyl (C=O) groups is 2. The summed E-state index contributed by atoms with van der Waals surface area (Å²) in [7, 11) is 0. The van der Waals surface area contributed by atoms with Gasteiger partial charge in [-0.2, -0.15) is 0 Å². The molecule has 0 saturated carbocycles. The molecule has 110 valence electrons. The number of urea groups is 1. The molecule has 0 aliphatic rings. The van der Waals surface area contributed by atoms with Crippen LogP contribution in [0.25, 0.3) is 0 Å². The maximum atomic E-state index is 11.7. The summed E-state index contributed by atoms with van der Waals surface area (Å²) in [5, 5.41) is 14.2. The fourth-order valence-electron chi connectivity index (χ4n) is 1.86. The van der Waals surface area contributed by atoms with E-state index in [-0.39, 0.29) is 19.0 Å². The summed E-state index contributed by atoms with van der Waals surface area (Å²) in [5.74, 6) is -0.235. The Morgan fingerprint density at radius 3 is 2.52 bits per heavy atom. The summed E-state index contributed by atoms with van der Waals surface area (Å²) in [6.45, 7) is 0.572. The fourth-order valence-corrected chi connectivity index (χ4v) is 1.86. The van der Waals surface area contributed by atoms with E-state index in [1.807, 2.05) is 6.07 Å². The summed E-state index contributed by atoms with van der Waals surface area (Å²) in [6.07, 6.45) is 3.22. The summed E-state index contributed by atoms with van der Waals surface area (Å²) in [4.78, 5) is 29.3. The van der Waals surface area contributed by atoms with E-state index in [2.05, 4.69) is 20.6 Å². The molecule has 1 aromatic heterocycles. The van der Waals surface area contributed by atoms with E-state index in [1.165, 1.54) is 0 Å². The van der Waals surface area contributed by atoms with Gasteiger partial charge in [0.2, 0.25) is 0 Å². The lowest BCUT2D eigenvalue weighted by molar-refractivity contribution is -0.136. The van der Waals surface area contributed by atoms with E-state index in [9.17, 15) is 9.59 Å². The Bertz CT molecular complexity index is 610. The number of benzene rings is 1. The molecule has 0 bridgehead atoms. The third-order valence-electron chi connectivity index (χ3n) is 2.87. The van der Waals surface area contributed by atoms with Crippen LogP contribution >= 0.6 is 0 Å². The molecule has 0 fully saturated rings. The average molecular weight is 288 g/mol. The number of nitrogens with one attached hydrogen (secondary N) is 3. The number of H-pyrrole nitrogens is 1. The van der Waals surface area contributed by atoms with Gasteiger partial charge in [0.25, 0.3) is 0 Å². The molecule has 0 atom stereocenters. The van der Waals surface area contributed by atoms with Crippen LogP contribution in [0.5, 0.6) is 0 Å². The Hall–Kier alpha value is -2.83. The van der Waals surface area contributed by atoms with Gasteiger partial charge in [0.1, 0.15) is 5.82 Å². The van der Waals surface area contributed by atoms with Crippen molar-refractivity contribution in [2.45, 2.75) is 19.5 Å². The highest BCUT2D eigenvalue weighted by atomic mass is 16.4. The highest BCUT2D eigenvalue weighted by Crippen LogP contribution is 2.09. The molecule has 1 aromatic carbocycles. The number of imidazole rings is 1. The molecule has 0 saturated heterocycles. The highest BCUT2D eigenvalue weighted by molar-refractivity contribution is 5.74. The zero-order valence-corrected chi connectivity index (χ0v) is 11.3. The third kappa shape index (κ3) is 4.64. The second-order valence-electron chi connectivity index (χ2n) is 4.41. The van der Waals surface area contributed by atoms with Gasteiger partial charge in [0.05, 0.1) is 13.0 Å². The van der Waals surface area contributed by atoms with Gasteiger partial charge in [-0.25, -0.2) is 9.78 Å². The summed E-state index contributed by atoms with van der Waals surface area (Å²) in [6, 6.07) is 6.79. The Balaban J connectivity index is 1.84. The Morgan fingerprint density at radius 1 is 1.14 bits per heavy atom. The Labute approximate surface area is 121 Å². The predicted octanol–water partition coefficient (Wildman–Crippen LogP) is 1.04. The molecule has 7 nitrogen and oxygen atoms in total. The van der Waals surface area contributed by atoms with Gasteiger partial charge < -0.3 is 20.7 Å². The number of hydrogen-bond donors (Lipinski definition) is 4. The number of carbonyl (C=O) groups excluding carboxylic acids is 1. The maximum Gasteiger partial charge on any atom is 0.315 e. The molecular weight excluding hydrogens is 272 g/mol. The number of amides is 2. The minimum atomic E-state index is -0.898. The fraction of sp³-hybridized carbons (Fsp3) is 0.214. The standard InChI is InChI=1S/C14H16N4O3/c19-13(20)7-10-3-1-2-4-11(10)8-17-14(21)18-9-12-15-5-6-16-12/h1-6H,7-9H2,(H,15,16)(H,19,20)(H2,17,18,21). The molecule has 0 aliphatic heterocycles. The number of carboxylic acids is 1. The van der Waals surface area contributed by atoms with Crippen LogP contribution in [0.3, 0.4) is 0 Å². The first-order valence-corrected chi connectivity index (χ1v) is 6.43. The molecule has 2 amide bonds. The van der Waals surface area contributed by atoms with Gasteiger partial charge in [-0.15, -0.1) is 0 Å². The van der Waals surface area contributed by atoms with Crippen molar-refractivity contribution in [2.24, 2.45) is 0 Å². The zero-order chi connectivity index (χ0) is 15.1. The lowest BCUT2D eigenvalue weighted by atomic mass is 10.0. The van der Waals surface area contributed by atoms with Gasteiger partial charge in [0, 0.05) is 18.9 Å². The second kappa shape index (κ2) is 7.09. The van der Waals surface area contributed by atoms with Crippen molar-refractivity contribution in [3.05, 3.63) is 53.6 Å². The van der Waals surface area contributed by atoms with E-state index in [0.29, 0.717) is 17.9 Å². The predicted molar refractivity (Wildman–Crippen MR) is 75.4 cm³/mol. The number of hydrogen-bond acceptors (Lipinski definition) is 3. The first kappa shape index (κ1) is 14.6. The monoisotopic (exact) mass is 288 g/mol. The van der Waals surface area contributed by atoms with Gasteiger partial charge in [-0.05, 0) is 11.1 Å². The van der Waals surface area contributed by atoms with Gasteiger partial charge in [0.15, 0.2) is 0 Å². The maximum absolute atomic E-state index is 11.7. The molecule has 0 radical (unpaired) electrons. The topological polar surface area (TPSA) is 107 Å². The number of nitrogens with zero attached hydrogens (tertiary/aromatic N) is 1. The number of rotatable bonds is 6. The van der Waals surface area contributed by atoms with Crippen molar-refractivity contribution in [1.29, 1.82) is 0 Å². The SMILES string of the molecule is O=C(O)Cc1ccccc1CNC(=O)NCc1ncc[nH]1. The van der Waals surface area contributed by atoms with Crippen LogP contribution in [0, 0.1) is 0 Å². The normalized spacial score (nSPS) is 10.1. The largest absolute Gasteiger partial charge is 0.481 e.